The number of aryl methyl sites for hydroxylation is 1. The summed E-state index contributed by atoms with van der Waals surface area (Å²) in [5.41, 5.74) is 9.96. The molecule has 0 fully saturated rings. The molecule has 0 aliphatic carbocycles. The molecular weight excluding hydrogens is 226 g/mol. The number of carbonyl (C=O) groups is 1. The number of benzene rings is 1. The van der Waals surface area contributed by atoms with E-state index in [9.17, 15) is 4.79 Å². The number of hydrogen-bond donors (Lipinski definition) is 2. The standard InChI is InChI=1S/C14H21N3O/c1-4-17(9(2)3)13-7-10-5-6-14(18)16-12(10)8-11(13)15/h7-9H,4-6,15H2,1-3H3,(H,16,18). The second-order valence-electron chi connectivity index (χ2n) is 5.00. The number of carbonyl (C=O) groups excluding carboxylic acids is 1. The number of fused-ring (bicyclic) bond motifs is 1. The van der Waals surface area contributed by atoms with Gasteiger partial charge in [0.2, 0.25) is 5.91 Å². The second kappa shape index (κ2) is 4.88. The van der Waals surface area contributed by atoms with E-state index in [1.165, 1.54) is 5.56 Å². The minimum Gasteiger partial charge on any atom is -0.397 e. The second-order valence-corrected chi connectivity index (χ2v) is 5.00. The summed E-state index contributed by atoms with van der Waals surface area (Å²) in [4.78, 5) is 13.6. The van der Waals surface area contributed by atoms with Crippen LogP contribution >= 0.6 is 0 Å². The number of anilines is 3. The van der Waals surface area contributed by atoms with Gasteiger partial charge in [-0.1, -0.05) is 0 Å². The maximum atomic E-state index is 11.4. The van der Waals surface area contributed by atoms with E-state index in [2.05, 4.69) is 37.1 Å². The Bertz CT molecular complexity index is 468. The number of rotatable bonds is 3. The molecule has 4 heteroatoms. The largest absolute Gasteiger partial charge is 0.397 e. The highest BCUT2D eigenvalue weighted by molar-refractivity contribution is 5.95. The summed E-state index contributed by atoms with van der Waals surface area (Å²) >= 11 is 0. The fourth-order valence-electron chi connectivity index (χ4n) is 2.49. The monoisotopic (exact) mass is 247 g/mol. The Morgan fingerprint density at radius 3 is 2.72 bits per heavy atom. The number of nitrogen functional groups attached to an aromatic ring is 1. The van der Waals surface area contributed by atoms with Gasteiger partial charge in [-0.3, -0.25) is 4.79 Å². The lowest BCUT2D eigenvalue weighted by Gasteiger charge is -2.30. The van der Waals surface area contributed by atoms with E-state index < -0.39 is 0 Å². The van der Waals surface area contributed by atoms with Gasteiger partial charge >= 0.3 is 0 Å². The van der Waals surface area contributed by atoms with E-state index in [1.807, 2.05) is 6.07 Å². The minimum absolute atomic E-state index is 0.0749. The van der Waals surface area contributed by atoms with Crippen LogP contribution in [0.15, 0.2) is 12.1 Å². The highest BCUT2D eigenvalue weighted by atomic mass is 16.1. The number of nitrogens with two attached hydrogens (primary N) is 1. The fourth-order valence-corrected chi connectivity index (χ4v) is 2.49. The highest BCUT2D eigenvalue weighted by Crippen LogP contribution is 2.33. The van der Waals surface area contributed by atoms with Crippen molar-refractivity contribution in [2.45, 2.75) is 39.7 Å². The molecule has 0 spiro atoms. The third-order valence-electron chi connectivity index (χ3n) is 3.42. The predicted molar refractivity (Wildman–Crippen MR) is 76.0 cm³/mol. The van der Waals surface area contributed by atoms with Crippen LogP contribution in [0, 0.1) is 0 Å². The molecule has 1 aliphatic rings. The number of amides is 1. The van der Waals surface area contributed by atoms with Crippen LogP contribution in [-0.2, 0) is 11.2 Å². The summed E-state index contributed by atoms with van der Waals surface area (Å²) in [5.74, 6) is 0.0749. The molecule has 0 saturated carbocycles. The molecule has 0 radical (unpaired) electrons. The molecule has 3 N–H and O–H groups in total. The third kappa shape index (κ3) is 2.28. The van der Waals surface area contributed by atoms with Gasteiger partial charge in [-0.2, -0.15) is 0 Å². The lowest BCUT2D eigenvalue weighted by molar-refractivity contribution is -0.116. The summed E-state index contributed by atoms with van der Waals surface area (Å²) in [6.45, 7) is 7.36. The molecule has 0 aromatic heterocycles. The molecule has 1 amide bonds. The van der Waals surface area contributed by atoms with E-state index in [-0.39, 0.29) is 5.91 Å². The summed E-state index contributed by atoms with van der Waals surface area (Å²) in [7, 11) is 0. The number of nitrogens with one attached hydrogen (secondary N) is 1. The van der Waals surface area contributed by atoms with E-state index in [4.69, 9.17) is 5.73 Å². The van der Waals surface area contributed by atoms with Gasteiger partial charge in [0.1, 0.15) is 0 Å². The van der Waals surface area contributed by atoms with Crippen molar-refractivity contribution in [2.24, 2.45) is 0 Å². The van der Waals surface area contributed by atoms with Crippen molar-refractivity contribution >= 4 is 23.0 Å². The van der Waals surface area contributed by atoms with Gasteiger partial charge in [0.25, 0.3) is 0 Å². The molecular formula is C14H21N3O. The van der Waals surface area contributed by atoms with Crippen LogP contribution in [0.1, 0.15) is 32.8 Å². The predicted octanol–water partition coefficient (Wildman–Crippen LogP) is 2.39. The molecule has 1 aliphatic heterocycles. The molecule has 0 saturated heterocycles. The zero-order valence-electron chi connectivity index (χ0n) is 11.3. The van der Waals surface area contributed by atoms with Gasteiger partial charge in [-0.25, -0.2) is 0 Å². The molecule has 4 nitrogen and oxygen atoms in total. The quantitative estimate of drug-likeness (QED) is 0.806. The van der Waals surface area contributed by atoms with Gasteiger partial charge in [0.05, 0.1) is 11.4 Å². The molecule has 1 aromatic rings. The minimum atomic E-state index is 0.0749. The van der Waals surface area contributed by atoms with Crippen LogP contribution in [0.4, 0.5) is 17.1 Å². The molecule has 18 heavy (non-hydrogen) atoms. The smallest absolute Gasteiger partial charge is 0.224 e. The van der Waals surface area contributed by atoms with E-state index in [1.54, 1.807) is 0 Å². The van der Waals surface area contributed by atoms with Crippen molar-refractivity contribution in [1.82, 2.24) is 0 Å². The first kappa shape index (κ1) is 12.7. The van der Waals surface area contributed by atoms with Gasteiger partial charge in [0.15, 0.2) is 0 Å². The Morgan fingerprint density at radius 1 is 1.39 bits per heavy atom. The average Bonchev–Trinajstić information content (AvgIpc) is 2.30. The lowest BCUT2D eigenvalue weighted by atomic mass is 10.0. The van der Waals surface area contributed by atoms with Crippen molar-refractivity contribution in [3.8, 4) is 0 Å². The maximum Gasteiger partial charge on any atom is 0.224 e. The fraction of sp³-hybridized carbons (Fsp3) is 0.500. The molecule has 1 aromatic carbocycles. The first-order chi connectivity index (χ1) is 8.52. The van der Waals surface area contributed by atoms with Crippen LogP contribution in [0.25, 0.3) is 0 Å². The van der Waals surface area contributed by atoms with Gasteiger partial charge in [-0.15, -0.1) is 0 Å². The zero-order chi connectivity index (χ0) is 13.3. The number of hydrogen-bond acceptors (Lipinski definition) is 3. The van der Waals surface area contributed by atoms with Crippen LogP contribution in [0.5, 0.6) is 0 Å². The van der Waals surface area contributed by atoms with Crippen molar-refractivity contribution in [2.75, 3.05) is 22.5 Å². The highest BCUT2D eigenvalue weighted by Gasteiger charge is 2.19. The molecule has 1 heterocycles. The van der Waals surface area contributed by atoms with Gasteiger partial charge < -0.3 is 16.0 Å². The Labute approximate surface area is 108 Å². The Hall–Kier alpha value is -1.71. The maximum absolute atomic E-state index is 11.4. The Morgan fingerprint density at radius 2 is 2.11 bits per heavy atom. The topological polar surface area (TPSA) is 58.4 Å². The van der Waals surface area contributed by atoms with E-state index in [0.29, 0.717) is 12.5 Å². The first-order valence-corrected chi connectivity index (χ1v) is 6.51. The van der Waals surface area contributed by atoms with Crippen LogP contribution in [0.2, 0.25) is 0 Å². The summed E-state index contributed by atoms with van der Waals surface area (Å²) in [6.07, 6.45) is 1.36. The molecule has 0 atom stereocenters. The van der Waals surface area contributed by atoms with Crippen molar-refractivity contribution in [1.29, 1.82) is 0 Å². The van der Waals surface area contributed by atoms with Crippen LogP contribution in [-0.4, -0.2) is 18.5 Å². The SMILES string of the molecule is CCN(c1cc2c(cc1N)NC(=O)CC2)C(C)C. The molecule has 0 unspecified atom stereocenters. The van der Waals surface area contributed by atoms with Crippen molar-refractivity contribution in [3.63, 3.8) is 0 Å². The summed E-state index contributed by atoms with van der Waals surface area (Å²) < 4.78 is 0. The lowest BCUT2D eigenvalue weighted by Crippen LogP contribution is -2.31. The normalized spacial score (nSPS) is 14.3. The molecule has 98 valence electrons. The molecule has 2 rings (SSSR count). The zero-order valence-corrected chi connectivity index (χ0v) is 11.3. The van der Waals surface area contributed by atoms with Gasteiger partial charge in [-0.05, 0) is 44.9 Å². The average molecular weight is 247 g/mol. The van der Waals surface area contributed by atoms with Crippen molar-refractivity contribution in [3.05, 3.63) is 17.7 Å². The van der Waals surface area contributed by atoms with E-state index in [0.717, 1.165) is 30.0 Å². The van der Waals surface area contributed by atoms with Crippen LogP contribution < -0.4 is 16.0 Å². The van der Waals surface area contributed by atoms with Gasteiger partial charge in [0, 0.05) is 24.7 Å². The Kier molecular flexibility index (Phi) is 3.45. The Balaban J connectivity index is 2.41. The third-order valence-corrected chi connectivity index (χ3v) is 3.42. The molecule has 0 bridgehead atoms. The van der Waals surface area contributed by atoms with Crippen molar-refractivity contribution < 1.29 is 4.79 Å². The van der Waals surface area contributed by atoms with E-state index >= 15 is 0 Å². The van der Waals surface area contributed by atoms with Crippen LogP contribution in [0.3, 0.4) is 0 Å². The summed E-state index contributed by atoms with van der Waals surface area (Å²) in [6, 6.07) is 4.41. The number of nitrogens with zero attached hydrogens (tertiary/aromatic N) is 1. The first-order valence-electron chi connectivity index (χ1n) is 6.51. The summed E-state index contributed by atoms with van der Waals surface area (Å²) in [5, 5.41) is 2.88.